The molecule has 0 spiro atoms. The lowest BCUT2D eigenvalue weighted by molar-refractivity contribution is -0.0165. The predicted octanol–water partition coefficient (Wildman–Crippen LogP) is 2.72. The minimum atomic E-state index is 0.271. The van der Waals surface area contributed by atoms with E-state index in [4.69, 9.17) is 9.47 Å². The molecule has 3 heteroatoms. The van der Waals surface area contributed by atoms with Crippen LogP contribution in [-0.2, 0) is 9.47 Å². The summed E-state index contributed by atoms with van der Waals surface area (Å²) >= 11 is 0. The van der Waals surface area contributed by atoms with Crippen molar-refractivity contribution in [3.8, 4) is 0 Å². The van der Waals surface area contributed by atoms with Crippen molar-refractivity contribution in [3.63, 3.8) is 0 Å². The topological polar surface area (TPSA) is 18.5 Å². The molecule has 0 bridgehead atoms. The Balaban J connectivity index is 0. The minimum absolute atomic E-state index is 0.271. The summed E-state index contributed by atoms with van der Waals surface area (Å²) in [5.41, 5.74) is 0. The van der Waals surface area contributed by atoms with Crippen LogP contribution in [0.25, 0.3) is 0 Å². The van der Waals surface area contributed by atoms with Gasteiger partial charge in [-0.25, -0.2) is 0 Å². The van der Waals surface area contributed by atoms with Crippen LogP contribution in [0.4, 0.5) is 0 Å². The number of ether oxygens (including phenoxy) is 2. The summed E-state index contributed by atoms with van der Waals surface area (Å²) in [5, 5.41) is 0. The van der Waals surface area contributed by atoms with Crippen molar-refractivity contribution in [2.24, 2.45) is 0 Å². The highest BCUT2D eigenvalue weighted by atomic mass is 31.0. The fourth-order valence-electron chi connectivity index (χ4n) is 1.12. The van der Waals surface area contributed by atoms with Gasteiger partial charge in [-0.2, -0.15) is 0 Å². The average molecular weight is 208 g/mol. The van der Waals surface area contributed by atoms with E-state index >= 15 is 0 Å². The molecule has 0 aliphatic carbocycles. The zero-order valence-electron chi connectivity index (χ0n) is 9.67. The van der Waals surface area contributed by atoms with E-state index in [1.807, 2.05) is 20.5 Å². The molecule has 0 radical (unpaired) electrons. The Morgan fingerprint density at radius 2 is 1.92 bits per heavy atom. The van der Waals surface area contributed by atoms with E-state index in [1.165, 1.54) is 6.42 Å². The highest BCUT2D eigenvalue weighted by molar-refractivity contribution is 7.15. The van der Waals surface area contributed by atoms with E-state index in [9.17, 15) is 0 Å². The molecule has 82 valence electrons. The number of hydrogen-bond donors (Lipinski definition) is 0. The molecule has 1 heterocycles. The molecule has 1 saturated heterocycles. The van der Waals surface area contributed by atoms with Gasteiger partial charge in [0.2, 0.25) is 0 Å². The molecule has 0 N–H and O–H groups in total. The second kappa shape index (κ2) is 12.3. The van der Waals surface area contributed by atoms with E-state index < -0.39 is 0 Å². The predicted molar refractivity (Wildman–Crippen MR) is 62.4 cm³/mol. The molecule has 0 amide bonds. The Hall–Kier alpha value is 0.350. The maximum atomic E-state index is 5.38. The Morgan fingerprint density at radius 3 is 2.23 bits per heavy atom. The second-order valence-corrected chi connectivity index (χ2v) is 2.49. The Labute approximate surface area is 85.6 Å². The molecular formula is C10H25O2P. The maximum absolute atomic E-state index is 5.38. The van der Waals surface area contributed by atoms with Gasteiger partial charge >= 0.3 is 0 Å². The lowest BCUT2D eigenvalue weighted by Gasteiger charge is -2.15. The van der Waals surface area contributed by atoms with Gasteiger partial charge < -0.3 is 9.47 Å². The van der Waals surface area contributed by atoms with Gasteiger partial charge in [-0.05, 0) is 19.8 Å². The van der Waals surface area contributed by atoms with Gasteiger partial charge in [-0.15, -0.1) is 9.24 Å². The molecular weight excluding hydrogens is 183 g/mol. The molecule has 1 aliphatic rings. The first-order valence-corrected chi connectivity index (χ1v) is 6.22. The number of hydrogen-bond acceptors (Lipinski definition) is 2. The van der Waals surface area contributed by atoms with Gasteiger partial charge in [0.25, 0.3) is 0 Å². The third-order valence-corrected chi connectivity index (χ3v) is 1.86. The SMILES string of the molecule is CC.COC(C)C1CCCO1.CP. The van der Waals surface area contributed by atoms with Crippen molar-refractivity contribution in [2.75, 3.05) is 20.4 Å². The molecule has 3 unspecified atom stereocenters. The van der Waals surface area contributed by atoms with Crippen molar-refractivity contribution in [1.82, 2.24) is 0 Å². The Bertz CT molecular complexity index is 83.0. The van der Waals surface area contributed by atoms with Crippen LogP contribution in [0.1, 0.15) is 33.6 Å². The minimum Gasteiger partial charge on any atom is -0.379 e. The summed E-state index contributed by atoms with van der Waals surface area (Å²) in [4.78, 5) is 0. The summed E-state index contributed by atoms with van der Waals surface area (Å²) < 4.78 is 10.5. The van der Waals surface area contributed by atoms with Crippen LogP contribution in [0.5, 0.6) is 0 Å². The fraction of sp³-hybridized carbons (Fsp3) is 1.00. The molecule has 13 heavy (non-hydrogen) atoms. The van der Waals surface area contributed by atoms with Crippen LogP contribution >= 0.6 is 9.24 Å². The van der Waals surface area contributed by atoms with Gasteiger partial charge in [-0.1, -0.05) is 20.5 Å². The number of rotatable bonds is 2. The lowest BCUT2D eigenvalue weighted by Crippen LogP contribution is -2.23. The van der Waals surface area contributed by atoms with Gasteiger partial charge in [0.15, 0.2) is 0 Å². The van der Waals surface area contributed by atoms with Gasteiger partial charge in [0.1, 0.15) is 0 Å². The number of methoxy groups -OCH3 is 1. The molecule has 0 aromatic rings. The van der Waals surface area contributed by atoms with E-state index in [2.05, 4.69) is 16.2 Å². The summed E-state index contributed by atoms with van der Waals surface area (Å²) in [7, 11) is 4.15. The third kappa shape index (κ3) is 7.42. The zero-order chi connectivity index (χ0) is 10.7. The molecule has 1 rings (SSSR count). The van der Waals surface area contributed by atoms with Crippen LogP contribution < -0.4 is 0 Å². The smallest absolute Gasteiger partial charge is 0.0834 e. The Morgan fingerprint density at radius 1 is 1.38 bits per heavy atom. The normalized spacial score (nSPS) is 22.2. The van der Waals surface area contributed by atoms with Crippen LogP contribution in [0.15, 0.2) is 0 Å². The molecule has 2 nitrogen and oxygen atoms in total. The van der Waals surface area contributed by atoms with Gasteiger partial charge in [0, 0.05) is 13.7 Å². The van der Waals surface area contributed by atoms with E-state index in [-0.39, 0.29) is 6.10 Å². The molecule has 0 saturated carbocycles. The standard InChI is InChI=1S/C7H14O2.C2H6.CH5P/c1-6(8-2)7-4-3-5-9-7;2*1-2/h6-7H,3-5H2,1-2H3;1-2H3;2H2,1H3. The fourth-order valence-corrected chi connectivity index (χ4v) is 1.12. The van der Waals surface area contributed by atoms with Crippen LogP contribution in [-0.4, -0.2) is 32.6 Å². The molecule has 1 fully saturated rings. The highest BCUT2D eigenvalue weighted by Crippen LogP contribution is 2.16. The quantitative estimate of drug-likeness (QED) is 0.650. The average Bonchev–Trinajstić information content (AvgIpc) is 2.76. The van der Waals surface area contributed by atoms with Crippen molar-refractivity contribution in [1.29, 1.82) is 0 Å². The van der Waals surface area contributed by atoms with Crippen LogP contribution in [0.3, 0.4) is 0 Å². The van der Waals surface area contributed by atoms with Gasteiger partial charge in [-0.3, -0.25) is 0 Å². The molecule has 0 aromatic heterocycles. The van der Waals surface area contributed by atoms with Crippen molar-refractivity contribution >= 4 is 9.24 Å². The first-order chi connectivity index (χ1) is 6.34. The monoisotopic (exact) mass is 208 g/mol. The van der Waals surface area contributed by atoms with E-state index in [0.29, 0.717) is 6.10 Å². The van der Waals surface area contributed by atoms with E-state index in [1.54, 1.807) is 7.11 Å². The van der Waals surface area contributed by atoms with Gasteiger partial charge in [0.05, 0.1) is 12.2 Å². The Kier molecular flexibility index (Phi) is 15.0. The first-order valence-electron chi connectivity index (χ1n) is 5.06. The third-order valence-electron chi connectivity index (χ3n) is 1.86. The maximum Gasteiger partial charge on any atom is 0.0834 e. The van der Waals surface area contributed by atoms with Crippen LogP contribution in [0.2, 0.25) is 0 Å². The summed E-state index contributed by atoms with van der Waals surface area (Å²) in [6.45, 7) is 8.88. The van der Waals surface area contributed by atoms with Crippen molar-refractivity contribution in [2.45, 2.75) is 45.8 Å². The summed E-state index contributed by atoms with van der Waals surface area (Å²) in [6, 6.07) is 0. The largest absolute Gasteiger partial charge is 0.379 e. The van der Waals surface area contributed by atoms with Crippen molar-refractivity contribution < 1.29 is 9.47 Å². The van der Waals surface area contributed by atoms with E-state index in [0.717, 1.165) is 13.0 Å². The summed E-state index contributed by atoms with van der Waals surface area (Å²) in [5.74, 6) is 0. The molecule has 1 aliphatic heterocycles. The van der Waals surface area contributed by atoms with Crippen molar-refractivity contribution in [3.05, 3.63) is 0 Å². The first kappa shape index (κ1) is 15.8. The molecule has 3 atom stereocenters. The van der Waals surface area contributed by atoms with Crippen LogP contribution in [0, 0.1) is 0 Å². The summed E-state index contributed by atoms with van der Waals surface area (Å²) in [6.07, 6.45) is 2.98. The second-order valence-electron chi connectivity index (χ2n) is 2.49. The zero-order valence-corrected chi connectivity index (χ0v) is 10.8. The highest BCUT2D eigenvalue weighted by Gasteiger charge is 2.21. The molecule has 0 aromatic carbocycles. The lowest BCUT2D eigenvalue weighted by atomic mass is 10.1.